The minimum absolute atomic E-state index is 0.254. The van der Waals surface area contributed by atoms with Crippen LogP contribution in [0.15, 0.2) is 60.8 Å². The number of hydrogen-bond acceptors (Lipinski definition) is 6. The molecule has 0 fully saturated rings. The van der Waals surface area contributed by atoms with Gasteiger partial charge in [0.2, 0.25) is 0 Å². The number of carbonyl (C=O) groups excluding carboxylic acids is 1. The number of carbonyl (C=O) groups is 1. The third-order valence-corrected chi connectivity index (χ3v) is 5.46. The molecule has 4 rings (SSSR count). The Morgan fingerprint density at radius 2 is 1.93 bits per heavy atom. The van der Waals surface area contributed by atoms with E-state index in [4.69, 9.17) is 14.5 Å². The summed E-state index contributed by atoms with van der Waals surface area (Å²) in [7, 11) is 1.57. The molecule has 7 heteroatoms. The fourth-order valence-electron chi connectivity index (χ4n) is 3.06. The average molecular weight is 420 g/mol. The van der Waals surface area contributed by atoms with Crippen molar-refractivity contribution >= 4 is 27.5 Å². The number of benzene rings is 2. The molecule has 0 unspecified atom stereocenters. The predicted molar refractivity (Wildman–Crippen MR) is 118 cm³/mol. The van der Waals surface area contributed by atoms with Crippen molar-refractivity contribution in [1.29, 1.82) is 0 Å². The highest BCUT2D eigenvalue weighted by molar-refractivity contribution is 7.18. The van der Waals surface area contributed by atoms with Gasteiger partial charge in [-0.2, -0.15) is 0 Å². The molecule has 2 aromatic heterocycles. The van der Waals surface area contributed by atoms with Crippen molar-refractivity contribution in [3.63, 3.8) is 0 Å². The van der Waals surface area contributed by atoms with Crippen molar-refractivity contribution in [3.05, 3.63) is 77.1 Å². The van der Waals surface area contributed by atoms with Crippen LogP contribution in [0.1, 0.15) is 28.0 Å². The van der Waals surface area contributed by atoms with Gasteiger partial charge >= 0.3 is 0 Å². The molecule has 2 aromatic carbocycles. The highest BCUT2D eigenvalue weighted by Crippen LogP contribution is 2.31. The molecule has 0 bridgehead atoms. The maximum absolute atomic E-state index is 11.8. The van der Waals surface area contributed by atoms with Gasteiger partial charge in [-0.3, -0.25) is 9.78 Å². The summed E-state index contributed by atoms with van der Waals surface area (Å²) in [6, 6.07) is 17.2. The molecule has 0 aliphatic carbocycles. The first kappa shape index (κ1) is 19.8. The molecule has 2 heterocycles. The fraction of sp³-hybridized carbons (Fsp3) is 0.174. The van der Waals surface area contributed by atoms with Crippen molar-refractivity contribution < 1.29 is 14.3 Å². The van der Waals surface area contributed by atoms with Crippen LogP contribution in [0.2, 0.25) is 0 Å². The second-order valence-corrected chi connectivity index (χ2v) is 7.63. The number of ether oxygens (including phenoxy) is 2. The van der Waals surface area contributed by atoms with Gasteiger partial charge in [-0.05, 0) is 31.2 Å². The molecule has 30 heavy (non-hydrogen) atoms. The molecule has 0 saturated heterocycles. The van der Waals surface area contributed by atoms with Gasteiger partial charge < -0.3 is 14.8 Å². The lowest BCUT2D eigenvalue weighted by Gasteiger charge is -2.08. The standard InChI is InChI=1S/C23H21N3O3S/c1-3-28-20-7-5-4-6-15(20)12-22-26-18-9-8-16(14-21(18)30-22)29-17-10-11-25-19(13-17)23(27)24-2/h4-11,13-14H,3,12H2,1-2H3,(H,24,27). The number of rotatable bonds is 7. The smallest absolute Gasteiger partial charge is 0.269 e. The quantitative estimate of drug-likeness (QED) is 0.464. The molecule has 6 nitrogen and oxygen atoms in total. The van der Waals surface area contributed by atoms with Crippen molar-refractivity contribution in [2.24, 2.45) is 0 Å². The minimum atomic E-state index is -0.254. The number of para-hydroxylation sites is 1. The zero-order valence-corrected chi connectivity index (χ0v) is 17.5. The summed E-state index contributed by atoms with van der Waals surface area (Å²) in [5.74, 6) is 1.88. The Labute approximate surface area is 178 Å². The molecule has 0 saturated carbocycles. The van der Waals surface area contributed by atoms with Crippen molar-refractivity contribution in [1.82, 2.24) is 15.3 Å². The lowest BCUT2D eigenvalue weighted by atomic mass is 10.1. The monoisotopic (exact) mass is 419 g/mol. The van der Waals surface area contributed by atoms with Crippen LogP contribution in [0.3, 0.4) is 0 Å². The second-order valence-electron chi connectivity index (χ2n) is 6.51. The molecule has 0 aliphatic rings. The Morgan fingerprint density at radius 1 is 1.10 bits per heavy atom. The predicted octanol–water partition coefficient (Wildman–Crippen LogP) is 4.83. The van der Waals surface area contributed by atoms with Crippen LogP contribution < -0.4 is 14.8 Å². The average Bonchev–Trinajstić information content (AvgIpc) is 3.16. The Kier molecular flexibility index (Phi) is 5.90. The zero-order valence-electron chi connectivity index (χ0n) is 16.7. The van der Waals surface area contributed by atoms with E-state index in [9.17, 15) is 4.79 Å². The van der Waals surface area contributed by atoms with Crippen LogP contribution in [0.4, 0.5) is 0 Å². The Hall–Kier alpha value is -3.45. The van der Waals surface area contributed by atoms with Gasteiger partial charge in [0.05, 0.1) is 21.8 Å². The van der Waals surface area contributed by atoms with Gasteiger partial charge in [0.25, 0.3) is 5.91 Å². The molecule has 0 spiro atoms. The first-order valence-corrected chi connectivity index (χ1v) is 10.4. The summed E-state index contributed by atoms with van der Waals surface area (Å²) >= 11 is 1.63. The topological polar surface area (TPSA) is 73.3 Å². The fourth-order valence-corrected chi connectivity index (χ4v) is 4.08. The molecule has 0 aliphatic heterocycles. The number of nitrogens with zero attached hydrogens (tertiary/aromatic N) is 2. The maximum Gasteiger partial charge on any atom is 0.269 e. The van der Waals surface area contributed by atoms with Crippen LogP contribution in [0.25, 0.3) is 10.2 Å². The van der Waals surface area contributed by atoms with E-state index in [1.165, 1.54) is 0 Å². The highest BCUT2D eigenvalue weighted by Gasteiger charge is 2.11. The van der Waals surface area contributed by atoms with E-state index in [2.05, 4.69) is 16.4 Å². The Balaban J connectivity index is 1.55. The number of amides is 1. The molecule has 152 valence electrons. The SMILES string of the molecule is CCOc1ccccc1Cc1nc2ccc(Oc3ccnc(C(=O)NC)c3)cc2s1. The zero-order chi connectivity index (χ0) is 20.9. The van der Waals surface area contributed by atoms with Crippen molar-refractivity contribution in [2.45, 2.75) is 13.3 Å². The number of aromatic nitrogens is 2. The lowest BCUT2D eigenvalue weighted by molar-refractivity contribution is 0.0958. The van der Waals surface area contributed by atoms with E-state index < -0.39 is 0 Å². The van der Waals surface area contributed by atoms with E-state index >= 15 is 0 Å². The first-order valence-electron chi connectivity index (χ1n) is 9.62. The molecule has 1 N–H and O–H groups in total. The molecule has 4 aromatic rings. The van der Waals surface area contributed by atoms with E-state index in [1.54, 1.807) is 36.7 Å². The van der Waals surface area contributed by atoms with Gasteiger partial charge in [-0.25, -0.2) is 4.98 Å². The number of pyridine rings is 1. The van der Waals surface area contributed by atoms with E-state index in [0.29, 0.717) is 30.2 Å². The van der Waals surface area contributed by atoms with Crippen LogP contribution in [-0.2, 0) is 6.42 Å². The van der Waals surface area contributed by atoms with Crippen LogP contribution >= 0.6 is 11.3 Å². The number of hydrogen-bond donors (Lipinski definition) is 1. The van der Waals surface area contributed by atoms with Gasteiger partial charge in [0, 0.05) is 37.4 Å². The minimum Gasteiger partial charge on any atom is -0.494 e. The van der Waals surface area contributed by atoms with Gasteiger partial charge in [0.15, 0.2) is 0 Å². The molecular formula is C23H21N3O3S. The number of nitrogens with one attached hydrogen (secondary N) is 1. The molecule has 1 amide bonds. The summed E-state index contributed by atoms with van der Waals surface area (Å²) < 4.78 is 12.7. The van der Waals surface area contributed by atoms with Crippen LogP contribution in [0, 0.1) is 0 Å². The van der Waals surface area contributed by atoms with E-state index in [0.717, 1.165) is 26.5 Å². The maximum atomic E-state index is 11.8. The van der Waals surface area contributed by atoms with Crippen molar-refractivity contribution in [3.8, 4) is 17.2 Å². The Bertz CT molecular complexity index is 1190. The van der Waals surface area contributed by atoms with Gasteiger partial charge in [0.1, 0.15) is 22.9 Å². The summed E-state index contributed by atoms with van der Waals surface area (Å²) in [4.78, 5) is 20.6. The summed E-state index contributed by atoms with van der Waals surface area (Å²) in [6.07, 6.45) is 2.27. The summed E-state index contributed by atoms with van der Waals surface area (Å²) in [5.41, 5.74) is 2.36. The molecule has 0 atom stereocenters. The van der Waals surface area contributed by atoms with E-state index in [-0.39, 0.29) is 5.91 Å². The summed E-state index contributed by atoms with van der Waals surface area (Å²) in [6.45, 7) is 2.62. The van der Waals surface area contributed by atoms with Crippen molar-refractivity contribution in [2.75, 3.05) is 13.7 Å². The number of thiazole rings is 1. The third kappa shape index (κ3) is 4.41. The number of fused-ring (bicyclic) bond motifs is 1. The highest BCUT2D eigenvalue weighted by atomic mass is 32.1. The summed E-state index contributed by atoms with van der Waals surface area (Å²) in [5, 5.41) is 3.57. The van der Waals surface area contributed by atoms with Gasteiger partial charge in [-0.15, -0.1) is 11.3 Å². The van der Waals surface area contributed by atoms with E-state index in [1.807, 2.05) is 43.3 Å². The molecule has 0 radical (unpaired) electrons. The molecular weight excluding hydrogens is 398 g/mol. The largest absolute Gasteiger partial charge is 0.494 e. The Morgan fingerprint density at radius 3 is 2.77 bits per heavy atom. The van der Waals surface area contributed by atoms with Crippen LogP contribution in [0.5, 0.6) is 17.2 Å². The first-order chi connectivity index (χ1) is 14.7. The van der Waals surface area contributed by atoms with Crippen LogP contribution in [-0.4, -0.2) is 29.5 Å². The van der Waals surface area contributed by atoms with Gasteiger partial charge in [-0.1, -0.05) is 18.2 Å². The lowest BCUT2D eigenvalue weighted by Crippen LogP contribution is -2.18. The normalized spacial score (nSPS) is 10.7. The third-order valence-electron chi connectivity index (χ3n) is 4.45. The second kappa shape index (κ2) is 8.92.